The summed E-state index contributed by atoms with van der Waals surface area (Å²) >= 11 is 6.66. The van der Waals surface area contributed by atoms with Crippen molar-refractivity contribution in [2.45, 2.75) is 52.2 Å². The Morgan fingerprint density at radius 3 is 2.94 bits per heavy atom. The van der Waals surface area contributed by atoms with E-state index >= 15 is 0 Å². The fourth-order valence-corrected chi connectivity index (χ4v) is 5.16. The summed E-state index contributed by atoms with van der Waals surface area (Å²) in [5, 5.41) is 3.29. The summed E-state index contributed by atoms with van der Waals surface area (Å²) in [6, 6.07) is 3.75. The highest BCUT2D eigenvalue weighted by Gasteiger charge is 2.35. The Morgan fingerprint density at radius 1 is 1.42 bits per heavy atom. The molecule has 4 rings (SSSR count). The molecular weight excluding hydrogens is 432 g/mol. The fraction of sp³-hybridized carbons (Fsp3) is 0.455. The van der Waals surface area contributed by atoms with Crippen molar-refractivity contribution in [2.24, 2.45) is 0 Å². The average molecular weight is 459 g/mol. The number of hydrogen-bond donors (Lipinski definition) is 1. The van der Waals surface area contributed by atoms with Crippen molar-refractivity contribution in [3.63, 3.8) is 0 Å². The third-order valence-electron chi connectivity index (χ3n) is 5.66. The van der Waals surface area contributed by atoms with Gasteiger partial charge in [-0.3, -0.25) is 18.9 Å². The average Bonchev–Trinajstić information content (AvgIpc) is 3.36. The molecule has 0 unspecified atom stereocenters. The summed E-state index contributed by atoms with van der Waals surface area (Å²) in [6.07, 6.45) is 6.29. The van der Waals surface area contributed by atoms with E-state index in [-0.39, 0.29) is 23.6 Å². The fourth-order valence-electron chi connectivity index (χ4n) is 3.71. The molecular formula is C22H26N4O3S2. The number of hydrogen-bond acceptors (Lipinski definition) is 7. The van der Waals surface area contributed by atoms with E-state index < -0.39 is 0 Å². The highest BCUT2D eigenvalue weighted by Crippen LogP contribution is 2.34. The van der Waals surface area contributed by atoms with Crippen molar-refractivity contribution >= 4 is 51.7 Å². The molecule has 0 bridgehead atoms. The number of nitrogens with one attached hydrogen (secondary N) is 1. The molecule has 0 radical (unpaired) electrons. The van der Waals surface area contributed by atoms with Gasteiger partial charge in [-0.15, -0.1) is 0 Å². The molecule has 2 aliphatic rings. The zero-order valence-corrected chi connectivity index (χ0v) is 19.5. The summed E-state index contributed by atoms with van der Waals surface area (Å²) in [4.78, 5) is 33.1. The second-order valence-corrected chi connectivity index (χ2v) is 9.61. The van der Waals surface area contributed by atoms with Crippen LogP contribution >= 0.6 is 24.0 Å². The number of aryl methyl sites for hydroxylation is 1. The first-order chi connectivity index (χ1) is 14.9. The van der Waals surface area contributed by atoms with E-state index in [4.69, 9.17) is 17.0 Å². The lowest BCUT2D eigenvalue weighted by Crippen LogP contribution is -2.36. The smallest absolute Gasteiger partial charge is 0.267 e. The molecule has 1 amide bonds. The van der Waals surface area contributed by atoms with Crippen molar-refractivity contribution in [3.05, 3.63) is 44.7 Å². The number of rotatable bonds is 6. The number of nitrogens with zero attached hydrogens (tertiary/aromatic N) is 3. The van der Waals surface area contributed by atoms with Gasteiger partial charge < -0.3 is 10.1 Å². The van der Waals surface area contributed by atoms with Gasteiger partial charge >= 0.3 is 0 Å². The Hall–Kier alpha value is -2.23. The highest BCUT2D eigenvalue weighted by molar-refractivity contribution is 8.26. The van der Waals surface area contributed by atoms with E-state index in [9.17, 15) is 9.59 Å². The van der Waals surface area contributed by atoms with Gasteiger partial charge in [0.1, 0.15) is 15.8 Å². The van der Waals surface area contributed by atoms with Gasteiger partial charge in [0, 0.05) is 25.4 Å². The molecule has 0 aliphatic carbocycles. The van der Waals surface area contributed by atoms with Crippen LogP contribution in [-0.4, -0.2) is 49.8 Å². The largest absolute Gasteiger partial charge is 0.376 e. The summed E-state index contributed by atoms with van der Waals surface area (Å²) in [7, 11) is 0. The van der Waals surface area contributed by atoms with Crippen LogP contribution in [0, 0.1) is 6.92 Å². The van der Waals surface area contributed by atoms with Crippen molar-refractivity contribution in [3.8, 4) is 0 Å². The van der Waals surface area contributed by atoms with Gasteiger partial charge in [-0.25, -0.2) is 4.98 Å². The van der Waals surface area contributed by atoms with E-state index in [0.29, 0.717) is 32.8 Å². The quantitative estimate of drug-likeness (QED) is 0.524. The first-order valence-corrected chi connectivity index (χ1v) is 11.8. The minimum atomic E-state index is -0.225. The zero-order valence-electron chi connectivity index (χ0n) is 17.9. The molecule has 164 valence electrons. The molecule has 1 N–H and O–H groups in total. The highest BCUT2D eigenvalue weighted by atomic mass is 32.2. The van der Waals surface area contributed by atoms with E-state index in [2.05, 4.69) is 10.3 Å². The molecule has 0 spiro atoms. The van der Waals surface area contributed by atoms with Gasteiger partial charge in [0.15, 0.2) is 0 Å². The SMILES string of the molecule is CC[C@@H](C)N1C(=O)/C(=C/c2c(NC[C@H]3CCCO3)nc3ccc(C)cn3c2=O)SC1=S. The van der Waals surface area contributed by atoms with Crippen molar-refractivity contribution < 1.29 is 9.53 Å². The Bertz CT molecular complexity index is 1120. The molecule has 2 aliphatic heterocycles. The van der Waals surface area contributed by atoms with Gasteiger partial charge in [-0.2, -0.15) is 0 Å². The Morgan fingerprint density at radius 2 is 2.23 bits per heavy atom. The van der Waals surface area contributed by atoms with Crippen LogP contribution in [0.2, 0.25) is 0 Å². The van der Waals surface area contributed by atoms with Crippen LogP contribution in [-0.2, 0) is 9.53 Å². The first kappa shape index (κ1) is 22.0. The van der Waals surface area contributed by atoms with Crippen LogP contribution in [0.15, 0.2) is 28.0 Å². The molecule has 7 nitrogen and oxygen atoms in total. The second kappa shape index (κ2) is 9.10. The number of pyridine rings is 1. The number of amides is 1. The van der Waals surface area contributed by atoms with Crippen LogP contribution in [0.3, 0.4) is 0 Å². The normalized spacial score (nSPS) is 21.5. The van der Waals surface area contributed by atoms with E-state index in [0.717, 1.165) is 31.4 Å². The van der Waals surface area contributed by atoms with Gasteiger partial charge in [0.2, 0.25) is 0 Å². The maximum atomic E-state index is 13.4. The molecule has 0 saturated carbocycles. The zero-order chi connectivity index (χ0) is 22.1. The molecule has 2 aromatic heterocycles. The number of aromatic nitrogens is 2. The predicted octanol–water partition coefficient (Wildman–Crippen LogP) is 3.59. The molecule has 0 aromatic carbocycles. The summed E-state index contributed by atoms with van der Waals surface area (Å²) in [6.45, 7) is 7.22. The third kappa shape index (κ3) is 4.40. The minimum absolute atomic E-state index is 0.00832. The lowest BCUT2D eigenvalue weighted by atomic mass is 10.2. The van der Waals surface area contributed by atoms with Gasteiger partial charge in [0.25, 0.3) is 11.5 Å². The molecule has 9 heteroatoms. The number of carbonyl (C=O) groups is 1. The predicted molar refractivity (Wildman–Crippen MR) is 128 cm³/mol. The lowest BCUT2D eigenvalue weighted by molar-refractivity contribution is -0.123. The number of thiocarbonyl (C=S) groups is 1. The van der Waals surface area contributed by atoms with E-state index in [1.54, 1.807) is 17.2 Å². The number of anilines is 1. The summed E-state index contributed by atoms with van der Waals surface area (Å²) in [5.74, 6) is 0.293. The van der Waals surface area contributed by atoms with Crippen LogP contribution < -0.4 is 10.9 Å². The van der Waals surface area contributed by atoms with Crippen LogP contribution in [0.5, 0.6) is 0 Å². The number of ether oxygens (including phenoxy) is 1. The van der Waals surface area contributed by atoms with Crippen molar-refractivity contribution in [1.29, 1.82) is 0 Å². The maximum absolute atomic E-state index is 13.4. The van der Waals surface area contributed by atoms with Crippen LogP contribution in [0.1, 0.15) is 44.2 Å². The number of fused-ring (bicyclic) bond motifs is 1. The molecule has 31 heavy (non-hydrogen) atoms. The number of carbonyl (C=O) groups excluding carboxylic acids is 1. The van der Waals surface area contributed by atoms with Crippen molar-refractivity contribution in [2.75, 3.05) is 18.5 Å². The first-order valence-electron chi connectivity index (χ1n) is 10.5. The van der Waals surface area contributed by atoms with E-state index in [1.165, 1.54) is 16.2 Å². The maximum Gasteiger partial charge on any atom is 0.267 e. The topological polar surface area (TPSA) is 75.9 Å². The Labute approximate surface area is 190 Å². The molecule has 2 aromatic rings. The van der Waals surface area contributed by atoms with Crippen molar-refractivity contribution in [1.82, 2.24) is 14.3 Å². The van der Waals surface area contributed by atoms with Crippen LogP contribution in [0.4, 0.5) is 5.82 Å². The molecule has 4 heterocycles. The standard InChI is InChI=1S/C22H26N4O3S2/c1-4-14(3)26-21(28)17(31-22(26)30)10-16-19(23-11-15-6-5-9-29-15)24-18-8-7-13(2)12-25(18)20(16)27/h7-8,10,12,14-15,23H,4-6,9,11H2,1-3H3/b17-10-/t14-,15-/m1/s1. The van der Waals surface area contributed by atoms with Gasteiger partial charge in [0.05, 0.1) is 16.6 Å². The summed E-state index contributed by atoms with van der Waals surface area (Å²) in [5.41, 5.74) is 1.63. The van der Waals surface area contributed by atoms with E-state index in [1.807, 2.05) is 32.9 Å². The van der Waals surface area contributed by atoms with Crippen LogP contribution in [0.25, 0.3) is 11.7 Å². The minimum Gasteiger partial charge on any atom is -0.376 e. The van der Waals surface area contributed by atoms with Gasteiger partial charge in [-0.05, 0) is 50.8 Å². The second-order valence-electron chi connectivity index (χ2n) is 7.94. The Balaban J connectivity index is 1.77. The molecule has 2 saturated heterocycles. The third-order valence-corrected chi connectivity index (χ3v) is 6.99. The number of thioether (sulfide) groups is 1. The Kier molecular flexibility index (Phi) is 6.45. The summed E-state index contributed by atoms with van der Waals surface area (Å²) < 4.78 is 7.73. The molecule has 2 atom stereocenters. The van der Waals surface area contributed by atoms with Gasteiger partial charge in [-0.1, -0.05) is 37.0 Å². The molecule has 2 fully saturated rings. The lowest BCUT2D eigenvalue weighted by Gasteiger charge is -2.21. The monoisotopic (exact) mass is 458 g/mol.